The fraction of sp³-hybridized carbons (Fsp3) is 0.333. The smallest absolute Gasteiger partial charge is 0.191 e. The summed E-state index contributed by atoms with van der Waals surface area (Å²) in [6, 6.07) is 16.0. The average Bonchev–Trinajstić information content (AvgIpc) is 3.21. The number of aromatic nitrogens is 1. The standard InChI is InChI=1S/C24H30N4O2S.HI/c1-4-25-24(26-13-12-23-27-15-18(2)31-23)28-16-20-10-11-21(22(14-20)29-3)30-17-19-8-6-5-7-9-19;/h5-11,14-15H,4,12-13,16-17H2,1-3H3,(H2,25,26,28);1H. The number of aryl methyl sites for hydroxylation is 1. The number of rotatable bonds is 10. The van der Waals surface area contributed by atoms with E-state index in [1.165, 1.54) is 4.88 Å². The van der Waals surface area contributed by atoms with Crippen molar-refractivity contribution in [1.29, 1.82) is 0 Å². The van der Waals surface area contributed by atoms with Crippen LogP contribution < -0.4 is 20.1 Å². The Kier molecular flexibility index (Phi) is 11.3. The van der Waals surface area contributed by atoms with Crippen LogP contribution in [0.3, 0.4) is 0 Å². The number of thiazole rings is 1. The van der Waals surface area contributed by atoms with E-state index in [4.69, 9.17) is 14.5 Å². The number of hydrogen-bond donors (Lipinski definition) is 2. The topological polar surface area (TPSA) is 67.8 Å². The molecular weight excluding hydrogens is 535 g/mol. The SMILES string of the molecule is CCNC(=NCc1ccc(OCc2ccccc2)c(OC)c1)NCCc1ncc(C)s1.I. The summed E-state index contributed by atoms with van der Waals surface area (Å²) in [5.41, 5.74) is 2.17. The lowest BCUT2D eigenvalue weighted by atomic mass is 10.2. The molecule has 172 valence electrons. The molecule has 1 aromatic heterocycles. The first kappa shape index (κ1) is 25.9. The molecule has 0 aliphatic rings. The van der Waals surface area contributed by atoms with Gasteiger partial charge >= 0.3 is 0 Å². The van der Waals surface area contributed by atoms with E-state index in [-0.39, 0.29) is 24.0 Å². The number of guanidine groups is 1. The van der Waals surface area contributed by atoms with Gasteiger partial charge in [0.05, 0.1) is 18.7 Å². The minimum absolute atomic E-state index is 0. The maximum atomic E-state index is 5.94. The van der Waals surface area contributed by atoms with Crippen LogP contribution in [0.15, 0.2) is 59.7 Å². The van der Waals surface area contributed by atoms with Crippen molar-refractivity contribution in [2.24, 2.45) is 4.99 Å². The lowest BCUT2D eigenvalue weighted by molar-refractivity contribution is 0.284. The maximum absolute atomic E-state index is 5.94. The first-order valence-corrected chi connectivity index (χ1v) is 11.3. The van der Waals surface area contributed by atoms with Crippen molar-refractivity contribution in [3.8, 4) is 11.5 Å². The highest BCUT2D eigenvalue weighted by molar-refractivity contribution is 14.0. The molecule has 0 atom stereocenters. The molecule has 6 nitrogen and oxygen atoms in total. The number of nitrogens with zero attached hydrogens (tertiary/aromatic N) is 2. The Balaban J connectivity index is 0.00000363. The number of hydrogen-bond acceptors (Lipinski definition) is 5. The summed E-state index contributed by atoms with van der Waals surface area (Å²) < 4.78 is 11.5. The van der Waals surface area contributed by atoms with Crippen molar-refractivity contribution in [3.63, 3.8) is 0 Å². The Morgan fingerprint density at radius 3 is 2.56 bits per heavy atom. The van der Waals surface area contributed by atoms with Gasteiger partial charge in [-0.2, -0.15) is 0 Å². The Morgan fingerprint density at radius 1 is 1.06 bits per heavy atom. The molecule has 2 N–H and O–H groups in total. The predicted octanol–water partition coefficient (Wildman–Crippen LogP) is 4.95. The highest BCUT2D eigenvalue weighted by Gasteiger charge is 2.07. The molecule has 0 unspecified atom stereocenters. The molecule has 0 radical (unpaired) electrons. The minimum atomic E-state index is 0. The summed E-state index contributed by atoms with van der Waals surface area (Å²) in [6.45, 7) is 6.77. The van der Waals surface area contributed by atoms with Crippen LogP contribution in [-0.4, -0.2) is 31.1 Å². The number of methoxy groups -OCH3 is 1. The zero-order chi connectivity index (χ0) is 21.9. The quantitative estimate of drug-likeness (QED) is 0.207. The third kappa shape index (κ3) is 8.31. The maximum Gasteiger partial charge on any atom is 0.191 e. The Labute approximate surface area is 211 Å². The summed E-state index contributed by atoms with van der Waals surface area (Å²) in [6.07, 6.45) is 2.80. The van der Waals surface area contributed by atoms with Gasteiger partial charge in [-0.15, -0.1) is 35.3 Å². The summed E-state index contributed by atoms with van der Waals surface area (Å²) in [5, 5.41) is 7.80. The average molecular weight is 567 g/mol. The lowest BCUT2D eigenvalue weighted by Gasteiger charge is -2.13. The molecule has 3 aromatic rings. The minimum Gasteiger partial charge on any atom is -0.493 e. The molecule has 8 heteroatoms. The molecule has 0 spiro atoms. The zero-order valence-electron chi connectivity index (χ0n) is 18.8. The van der Waals surface area contributed by atoms with Crippen molar-refractivity contribution in [3.05, 3.63) is 75.7 Å². The van der Waals surface area contributed by atoms with E-state index < -0.39 is 0 Å². The van der Waals surface area contributed by atoms with E-state index in [0.29, 0.717) is 18.9 Å². The van der Waals surface area contributed by atoms with Gasteiger partial charge in [-0.1, -0.05) is 36.4 Å². The first-order chi connectivity index (χ1) is 15.2. The molecular formula is C24H31IN4O2S. The van der Waals surface area contributed by atoms with E-state index in [1.807, 2.05) is 54.7 Å². The lowest BCUT2D eigenvalue weighted by Crippen LogP contribution is -2.38. The number of aliphatic imine (C=N–C) groups is 1. The van der Waals surface area contributed by atoms with E-state index in [1.54, 1.807) is 18.4 Å². The zero-order valence-corrected chi connectivity index (χ0v) is 21.9. The van der Waals surface area contributed by atoms with Crippen LogP contribution in [0.2, 0.25) is 0 Å². The number of nitrogens with one attached hydrogen (secondary N) is 2. The van der Waals surface area contributed by atoms with E-state index >= 15 is 0 Å². The van der Waals surface area contributed by atoms with Gasteiger partial charge in [0.15, 0.2) is 17.5 Å². The monoisotopic (exact) mass is 566 g/mol. The number of benzene rings is 2. The Bertz CT molecular complexity index is 979. The van der Waals surface area contributed by atoms with Gasteiger partial charge in [-0.05, 0) is 37.1 Å². The first-order valence-electron chi connectivity index (χ1n) is 10.4. The van der Waals surface area contributed by atoms with Crippen molar-refractivity contribution in [1.82, 2.24) is 15.6 Å². The third-order valence-corrected chi connectivity index (χ3v) is 5.50. The summed E-state index contributed by atoms with van der Waals surface area (Å²) in [7, 11) is 1.66. The van der Waals surface area contributed by atoms with Gasteiger partial charge in [0.25, 0.3) is 0 Å². The molecule has 0 saturated heterocycles. The Morgan fingerprint density at radius 2 is 1.88 bits per heavy atom. The highest BCUT2D eigenvalue weighted by atomic mass is 127. The molecule has 0 aliphatic heterocycles. The van der Waals surface area contributed by atoms with Crippen molar-refractivity contribution >= 4 is 41.3 Å². The third-order valence-electron chi connectivity index (χ3n) is 4.53. The molecule has 3 rings (SSSR count). The van der Waals surface area contributed by atoms with Crippen LogP contribution in [-0.2, 0) is 19.6 Å². The highest BCUT2D eigenvalue weighted by Crippen LogP contribution is 2.29. The predicted molar refractivity (Wildman–Crippen MR) is 143 cm³/mol. The van der Waals surface area contributed by atoms with Crippen LogP contribution in [0, 0.1) is 6.92 Å². The number of halogens is 1. The van der Waals surface area contributed by atoms with Gasteiger partial charge in [-0.3, -0.25) is 0 Å². The van der Waals surface area contributed by atoms with Gasteiger partial charge in [0.2, 0.25) is 0 Å². The van der Waals surface area contributed by atoms with Crippen molar-refractivity contribution < 1.29 is 9.47 Å². The van der Waals surface area contributed by atoms with E-state index in [9.17, 15) is 0 Å². The van der Waals surface area contributed by atoms with E-state index in [0.717, 1.165) is 47.4 Å². The normalized spacial score (nSPS) is 10.9. The second-order valence-electron chi connectivity index (χ2n) is 7.00. The van der Waals surface area contributed by atoms with Crippen LogP contribution >= 0.6 is 35.3 Å². The molecule has 32 heavy (non-hydrogen) atoms. The van der Waals surface area contributed by atoms with Gasteiger partial charge in [0, 0.05) is 30.6 Å². The molecule has 0 saturated carbocycles. The molecule has 0 fully saturated rings. The summed E-state index contributed by atoms with van der Waals surface area (Å²) in [5.74, 6) is 2.22. The molecule has 0 bridgehead atoms. The van der Waals surface area contributed by atoms with Crippen LogP contribution in [0.5, 0.6) is 11.5 Å². The van der Waals surface area contributed by atoms with Crippen molar-refractivity contribution in [2.45, 2.75) is 33.4 Å². The fourth-order valence-corrected chi connectivity index (χ4v) is 3.77. The second-order valence-corrected chi connectivity index (χ2v) is 8.32. The summed E-state index contributed by atoms with van der Waals surface area (Å²) >= 11 is 1.73. The number of ether oxygens (including phenoxy) is 2. The largest absolute Gasteiger partial charge is 0.493 e. The van der Waals surface area contributed by atoms with Crippen molar-refractivity contribution in [2.75, 3.05) is 20.2 Å². The van der Waals surface area contributed by atoms with Gasteiger partial charge in [-0.25, -0.2) is 9.98 Å². The summed E-state index contributed by atoms with van der Waals surface area (Å²) in [4.78, 5) is 10.3. The Hall–Kier alpha value is -2.33. The van der Waals surface area contributed by atoms with Crippen LogP contribution in [0.25, 0.3) is 0 Å². The fourth-order valence-electron chi connectivity index (χ4n) is 2.98. The van der Waals surface area contributed by atoms with Crippen LogP contribution in [0.4, 0.5) is 0 Å². The molecule has 2 aromatic carbocycles. The molecule has 0 aliphatic carbocycles. The van der Waals surface area contributed by atoms with E-state index in [2.05, 4.69) is 29.5 Å². The molecule has 0 amide bonds. The van der Waals surface area contributed by atoms with Crippen LogP contribution in [0.1, 0.15) is 27.9 Å². The molecule has 1 heterocycles. The van der Waals surface area contributed by atoms with Gasteiger partial charge < -0.3 is 20.1 Å². The second kappa shape index (κ2) is 13.9. The van der Waals surface area contributed by atoms with Gasteiger partial charge in [0.1, 0.15) is 6.61 Å².